The number of hydrogen-bond acceptors (Lipinski definition) is 5. The van der Waals surface area contributed by atoms with Crippen LogP contribution < -0.4 is 15.4 Å². The highest BCUT2D eigenvalue weighted by Crippen LogP contribution is 2.29. The number of methoxy groups -OCH3 is 1. The van der Waals surface area contributed by atoms with E-state index in [9.17, 15) is 22.4 Å². The van der Waals surface area contributed by atoms with Gasteiger partial charge in [0.05, 0.1) is 11.5 Å². The van der Waals surface area contributed by atoms with Crippen LogP contribution in [0.5, 0.6) is 0 Å². The van der Waals surface area contributed by atoms with E-state index in [2.05, 4.69) is 15.4 Å². The molecule has 0 saturated heterocycles. The van der Waals surface area contributed by atoms with E-state index >= 15 is 0 Å². The first kappa shape index (κ1) is 24.2. The predicted molar refractivity (Wildman–Crippen MR) is 110 cm³/mol. The van der Waals surface area contributed by atoms with Crippen molar-refractivity contribution >= 4 is 21.8 Å². The van der Waals surface area contributed by atoms with Crippen molar-refractivity contribution in [2.45, 2.75) is 43.5 Å². The molecule has 2 rings (SSSR count). The molecule has 1 saturated carbocycles. The van der Waals surface area contributed by atoms with Crippen LogP contribution in [0.2, 0.25) is 0 Å². The van der Waals surface area contributed by atoms with Gasteiger partial charge in [0, 0.05) is 26.1 Å². The lowest BCUT2D eigenvalue weighted by Gasteiger charge is -2.28. The van der Waals surface area contributed by atoms with Crippen LogP contribution in [0.25, 0.3) is 0 Å². The summed E-state index contributed by atoms with van der Waals surface area (Å²) in [5.41, 5.74) is 0. The number of hydrogen-bond donors (Lipinski definition) is 3. The number of sulfonamides is 1. The van der Waals surface area contributed by atoms with Gasteiger partial charge in [0.2, 0.25) is 21.8 Å². The Kier molecular flexibility index (Phi) is 9.19. The molecule has 10 heteroatoms. The van der Waals surface area contributed by atoms with Crippen molar-refractivity contribution in [3.8, 4) is 0 Å². The van der Waals surface area contributed by atoms with E-state index < -0.39 is 21.9 Å². The topological polar surface area (TPSA) is 114 Å². The van der Waals surface area contributed by atoms with Gasteiger partial charge >= 0.3 is 0 Å². The molecule has 0 aliphatic heterocycles. The van der Waals surface area contributed by atoms with Crippen molar-refractivity contribution in [1.82, 2.24) is 15.4 Å². The van der Waals surface area contributed by atoms with Gasteiger partial charge in [0.15, 0.2) is 0 Å². The minimum absolute atomic E-state index is 0.0229. The van der Waals surface area contributed by atoms with E-state index in [0.29, 0.717) is 38.8 Å². The fraction of sp³-hybridized carbons (Fsp3) is 0.600. The predicted octanol–water partition coefficient (Wildman–Crippen LogP) is 1.18. The summed E-state index contributed by atoms with van der Waals surface area (Å²) in [5, 5.41) is 5.42. The number of rotatable bonds is 10. The van der Waals surface area contributed by atoms with E-state index in [1.165, 1.54) is 12.1 Å². The monoisotopic (exact) mass is 443 g/mol. The van der Waals surface area contributed by atoms with E-state index in [0.717, 1.165) is 12.1 Å². The zero-order valence-electron chi connectivity index (χ0n) is 17.3. The lowest BCUT2D eigenvalue weighted by atomic mass is 9.81. The summed E-state index contributed by atoms with van der Waals surface area (Å²) in [4.78, 5) is 24.4. The Morgan fingerprint density at radius 1 is 1.17 bits per heavy atom. The van der Waals surface area contributed by atoms with Gasteiger partial charge in [0.25, 0.3) is 0 Å². The minimum atomic E-state index is -3.69. The van der Waals surface area contributed by atoms with Gasteiger partial charge in [-0.15, -0.1) is 0 Å². The molecule has 0 aromatic heterocycles. The molecule has 2 amide bonds. The largest absolute Gasteiger partial charge is 0.383 e. The Bertz CT molecular complexity index is 808. The second kappa shape index (κ2) is 11.4. The first-order valence-corrected chi connectivity index (χ1v) is 11.5. The number of ether oxygens (including phenoxy) is 1. The number of benzene rings is 1. The van der Waals surface area contributed by atoms with Crippen LogP contribution in [0.4, 0.5) is 4.39 Å². The average Bonchev–Trinajstić information content (AvgIpc) is 2.73. The number of carbonyl (C=O) groups is 2. The molecule has 1 aliphatic carbocycles. The van der Waals surface area contributed by atoms with E-state index in [-0.39, 0.29) is 35.1 Å². The van der Waals surface area contributed by atoms with Crippen molar-refractivity contribution in [3.05, 3.63) is 30.1 Å². The SMILES string of the molecule is COCCNC(=O)[C@H](C)NC(=O)C1CCC(CNS(=O)(=O)c2ccc(F)cc2)CC1. The summed E-state index contributed by atoms with van der Waals surface area (Å²) in [6.45, 7) is 2.69. The molecule has 0 heterocycles. The Labute approximate surface area is 177 Å². The van der Waals surface area contributed by atoms with Gasteiger partial charge in [-0.3, -0.25) is 9.59 Å². The smallest absolute Gasteiger partial charge is 0.242 e. The van der Waals surface area contributed by atoms with Crippen molar-refractivity contribution in [2.75, 3.05) is 26.8 Å². The molecule has 1 fully saturated rings. The third-order valence-corrected chi connectivity index (χ3v) is 6.70. The van der Waals surface area contributed by atoms with Crippen molar-refractivity contribution in [3.63, 3.8) is 0 Å². The molecule has 0 radical (unpaired) electrons. The van der Waals surface area contributed by atoms with Gasteiger partial charge in [-0.2, -0.15) is 0 Å². The number of nitrogens with one attached hydrogen (secondary N) is 3. The van der Waals surface area contributed by atoms with Crippen LogP contribution >= 0.6 is 0 Å². The molecule has 1 aromatic carbocycles. The second-order valence-electron chi connectivity index (χ2n) is 7.54. The van der Waals surface area contributed by atoms with Crippen molar-refractivity contribution in [2.24, 2.45) is 11.8 Å². The summed E-state index contributed by atoms with van der Waals surface area (Å²) in [7, 11) is -2.15. The molecule has 1 aliphatic rings. The lowest BCUT2D eigenvalue weighted by Crippen LogP contribution is -2.47. The molecule has 0 bridgehead atoms. The van der Waals surface area contributed by atoms with Gasteiger partial charge in [-0.1, -0.05) is 0 Å². The third kappa shape index (κ3) is 7.33. The zero-order valence-corrected chi connectivity index (χ0v) is 18.1. The van der Waals surface area contributed by atoms with Gasteiger partial charge in [0.1, 0.15) is 11.9 Å². The first-order valence-electron chi connectivity index (χ1n) is 10.0. The molecular weight excluding hydrogens is 413 g/mol. The van der Waals surface area contributed by atoms with Crippen LogP contribution in [-0.4, -0.2) is 53.1 Å². The van der Waals surface area contributed by atoms with Crippen LogP contribution in [0.15, 0.2) is 29.2 Å². The fourth-order valence-corrected chi connectivity index (χ4v) is 4.50. The molecule has 0 spiro atoms. The van der Waals surface area contributed by atoms with Crippen molar-refractivity contribution < 1.29 is 27.1 Å². The molecule has 8 nitrogen and oxygen atoms in total. The fourth-order valence-electron chi connectivity index (χ4n) is 3.38. The van der Waals surface area contributed by atoms with Gasteiger partial charge < -0.3 is 15.4 Å². The first-order chi connectivity index (χ1) is 14.2. The molecular formula is C20H30FN3O5S. The van der Waals surface area contributed by atoms with Crippen LogP contribution in [0.3, 0.4) is 0 Å². The quantitative estimate of drug-likeness (QED) is 0.470. The Morgan fingerprint density at radius 2 is 1.80 bits per heavy atom. The lowest BCUT2D eigenvalue weighted by molar-refractivity contribution is -0.131. The van der Waals surface area contributed by atoms with Crippen LogP contribution in [0, 0.1) is 17.7 Å². The summed E-state index contributed by atoms with van der Waals surface area (Å²) in [6, 6.07) is 4.04. The standard InChI is InChI=1S/C20H30FN3O5S/c1-14(19(25)22-11-12-29-2)24-20(26)16-5-3-15(4-6-16)13-23-30(27,28)18-9-7-17(21)8-10-18/h7-10,14-16,23H,3-6,11-13H2,1-2H3,(H,22,25)(H,24,26)/t14-,15?,16?/m0/s1. The highest BCUT2D eigenvalue weighted by atomic mass is 32.2. The molecule has 1 aromatic rings. The summed E-state index contributed by atoms with van der Waals surface area (Å²) in [5.74, 6) is -0.977. The normalized spacial score (nSPS) is 20.4. The van der Waals surface area contributed by atoms with Crippen LogP contribution in [-0.2, 0) is 24.3 Å². The summed E-state index contributed by atoms with van der Waals surface area (Å²) >= 11 is 0. The van der Waals surface area contributed by atoms with Gasteiger partial charge in [-0.25, -0.2) is 17.5 Å². The maximum absolute atomic E-state index is 13.0. The Morgan fingerprint density at radius 3 is 2.40 bits per heavy atom. The molecule has 3 N–H and O–H groups in total. The molecule has 0 unspecified atom stereocenters. The molecule has 1 atom stereocenters. The summed E-state index contributed by atoms with van der Waals surface area (Å²) < 4.78 is 45.0. The molecule has 168 valence electrons. The maximum atomic E-state index is 13.0. The average molecular weight is 444 g/mol. The third-order valence-electron chi connectivity index (χ3n) is 5.26. The Balaban J connectivity index is 1.74. The highest BCUT2D eigenvalue weighted by Gasteiger charge is 2.28. The number of amides is 2. The minimum Gasteiger partial charge on any atom is -0.383 e. The van der Waals surface area contributed by atoms with Crippen molar-refractivity contribution in [1.29, 1.82) is 0 Å². The number of carbonyl (C=O) groups excluding carboxylic acids is 2. The molecule has 30 heavy (non-hydrogen) atoms. The van der Waals surface area contributed by atoms with E-state index in [1.807, 2.05) is 0 Å². The Hall–Kier alpha value is -2.04. The second-order valence-corrected chi connectivity index (χ2v) is 9.30. The number of halogens is 1. The van der Waals surface area contributed by atoms with E-state index in [1.54, 1.807) is 14.0 Å². The van der Waals surface area contributed by atoms with Gasteiger partial charge in [-0.05, 0) is 62.8 Å². The van der Waals surface area contributed by atoms with Crippen LogP contribution in [0.1, 0.15) is 32.6 Å². The van der Waals surface area contributed by atoms with E-state index in [4.69, 9.17) is 4.74 Å². The maximum Gasteiger partial charge on any atom is 0.242 e. The summed E-state index contributed by atoms with van der Waals surface area (Å²) in [6.07, 6.45) is 2.68. The zero-order chi connectivity index (χ0) is 22.1. The highest BCUT2D eigenvalue weighted by molar-refractivity contribution is 7.89.